The molecule has 1 aromatic heterocycles. The quantitative estimate of drug-likeness (QED) is 0.685. The van der Waals surface area contributed by atoms with Gasteiger partial charge in [0.25, 0.3) is 11.8 Å². The van der Waals surface area contributed by atoms with Gasteiger partial charge in [-0.3, -0.25) is 14.2 Å². The van der Waals surface area contributed by atoms with E-state index in [1.165, 1.54) is 0 Å². The van der Waals surface area contributed by atoms with Gasteiger partial charge < -0.3 is 4.74 Å². The summed E-state index contributed by atoms with van der Waals surface area (Å²) in [4.78, 5) is 26.7. The van der Waals surface area contributed by atoms with Crippen LogP contribution in [0, 0.1) is 0 Å². The molecular formula is C18H14N4O3. The van der Waals surface area contributed by atoms with Gasteiger partial charge in [0.1, 0.15) is 18.4 Å². The monoisotopic (exact) mass is 334 g/mol. The van der Waals surface area contributed by atoms with Gasteiger partial charge in [0.15, 0.2) is 0 Å². The van der Waals surface area contributed by atoms with Gasteiger partial charge in [-0.25, -0.2) is 4.90 Å². The predicted molar refractivity (Wildman–Crippen MR) is 90.1 cm³/mol. The Morgan fingerprint density at radius 2 is 1.60 bits per heavy atom. The Bertz CT molecular complexity index is 931. The highest BCUT2D eigenvalue weighted by molar-refractivity contribution is 6.34. The number of imide groups is 1. The molecule has 2 heterocycles. The van der Waals surface area contributed by atoms with E-state index in [1.54, 1.807) is 53.6 Å². The van der Waals surface area contributed by atoms with Crippen molar-refractivity contribution in [2.45, 2.75) is 6.92 Å². The molecule has 0 bridgehead atoms. The maximum atomic E-state index is 12.8. The van der Waals surface area contributed by atoms with Gasteiger partial charge in [-0.1, -0.05) is 12.1 Å². The fraction of sp³-hybridized carbons (Fsp3) is 0.111. The number of rotatable bonds is 4. The first-order valence-corrected chi connectivity index (χ1v) is 7.80. The molecule has 1 aliphatic rings. The summed E-state index contributed by atoms with van der Waals surface area (Å²) in [6.45, 7) is 2.27. The van der Waals surface area contributed by atoms with Gasteiger partial charge in [-0.2, -0.15) is 0 Å². The van der Waals surface area contributed by atoms with Crippen molar-refractivity contribution in [1.29, 1.82) is 0 Å². The zero-order chi connectivity index (χ0) is 17.4. The van der Waals surface area contributed by atoms with Crippen LogP contribution in [0.3, 0.4) is 0 Å². The van der Waals surface area contributed by atoms with Crippen LogP contribution in [0.15, 0.2) is 55.1 Å². The summed E-state index contributed by atoms with van der Waals surface area (Å²) in [7, 11) is 0. The average molecular weight is 334 g/mol. The van der Waals surface area contributed by atoms with Crippen LogP contribution in [0.4, 0.5) is 5.69 Å². The number of amides is 2. The second kappa shape index (κ2) is 5.86. The molecular weight excluding hydrogens is 320 g/mol. The number of carbonyl (C=O) groups excluding carboxylic acids is 2. The minimum atomic E-state index is -0.359. The molecule has 7 nitrogen and oxygen atoms in total. The van der Waals surface area contributed by atoms with Gasteiger partial charge in [-0.05, 0) is 37.3 Å². The minimum absolute atomic E-state index is 0.359. The molecule has 0 aliphatic carbocycles. The Morgan fingerprint density at radius 3 is 2.20 bits per heavy atom. The predicted octanol–water partition coefficient (Wildman–Crippen LogP) is 2.47. The van der Waals surface area contributed by atoms with E-state index >= 15 is 0 Å². The van der Waals surface area contributed by atoms with E-state index in [4.69, 9.17) is 4.74 Å². The highest BCUT2D eigenvalue weighted by Gasteiger charge is 2.37. The van der Waals surface area contributed by atoms with Crippen molar-refractivity contribution in [1.82, 2.24) is 14.8 Å². The third-order valence-electron chi connectivity index (χ3n) is 3.99. The van der Waals surface area contributed by atoms with Gasteiger partial charge >= 0.3 is 0 Å². The van der Waals surface area contributed by atoms with E-state index in [9.17, 15) is 9.59 Å². The summed E-state index contributed by atoms with van der Waals surface area (Å²) < 4.78 is 7.32. The molecule has 1 aliphatic heterocycles. The lowest BCUT2D eigenvalue weighted by Gasteiger charge is -2.19. The summed E-state index contributed by atoms with van der Waals surface area (Å²) in [5.41, 5.74) is 1.91. The van der Waals surface area contributed by atoms with Crippen molar-refractivity contribution >= 4 is 17.5 Å². The van der Waals surface area contributed by atoms with Gasteiger partial charge in [0, 0.05) is 0 Å². The SMILES string of the molecule is CCOc1ccc(-n2cnnc2)cc1N1C(=O)c2ccccc2C1=O. The summed E-state index contributed by atoms with van der Waals surface area (Å²) in [5.74, 6) is -0.251. The molecule has 0 spiro atoms. The summed E-state index contributed by atoms with van der Waals surface area (Å²) in [6.07, 6.45) is 3.09. The Balaban J connectivity index is 1.85. The van der Waals surface area contributed by atoms with E-state index in [0.29, 0.717) is 29.2 Å². The molecule has 7 heteroatoms. The van der Waals surface area contributed by atoms with Crippen molar-refractivity contribution in [2.24, 2.45) is 0 Å². The molecule has 3 aromatic rings. The normalized spacial score (nSPS) is 13.2. The number of hydrogen-bond donors (Lipinski definition) is 0. The standard InChI is InChI=1S/C18H14N4O3/c1-2-25-16-8-7-12(21-10-19-20-11-21)9-15(16)22-17(23)13-5-3-4-6-14(13)18(22)24/h3-11H,2H2,1H3. The maximum Gasteiger partial charge on any atom is 0.266 e. The molecule has 0 N–H and O–H groups in total. The number of benzene rings is 2. The molecule has 0 unspecified atom stereocenters. The third-order valence-corrected chi connectivity index (χ3v) is 3.99. The lowest BCUT2D eigenvalue weighted by atomic mass is 10.1. The lowest BCUT2D eigenvalue weighted by Crippen LogP contribution is -2.30. The van der Waals surface area contributed by atoms with E-state index in [0.717, 1.165) is 10.6 Å². The largest absolute Gasteiger partial charge is 0.492 e. The molecule has 124 valence electrons. The van der Waals surface area contributed by atoms with Crippen LogP contribution >= 0.6 is 0 Å². The molecule has 4 rings (SSSR count). The number of fused-ring (bicyclic) bond motifs is 1. The number of nitrogens with zero attached hydrogens (tertiary/aromatic N) is 4. The smallest absolute Gasteiger partial charge is 0.266 e. The fourth-order valence-corrected chi connectivity index (χ4v) is 2.86. The highest BCUT2D eigenvalue weighted by Crippen LogP contribution is 2.36. The topological polar surface area (TPSA) is 77.3 Å². The van der Waals surface area contributed by atoms with E-state index < -0.39 is 0 Å². The molecule has 0 saturated carbocycles. The lowest BCUT2D eigenvalue weighted by molar-refractivity contribution is 0.0925. The molecule has 25 heavy (non-hydrogen) atoms. The number of anilines is 1. The van der Waals surface area contributed by atoms with Gasteiger partial charge in [0.05, 0.1) is 29.1 Å². The second-order valence-corrected chi connectivity index (χ2v) is 5.45. The number of hydrogen-bond acceptors (Lipinski definition) is 5. The van der Waals surface area contributed by atoms with Crippen molar-refractivity contribution < 1.29 is 14.3 Å². The molecule has 0 fully saturated rings. The van der Waals surface area contributed by atoms with Crippen LogP contribution in [0.2, 0.25) is 0 Å². The van der Waals surface area contributed by atoms with Crippen molar-refractivity contribution in [3.63, 3.8) is 0 Å². The Labute approximate surface area is 143 Å². The first-order chi connectivity index (χ1) is 12.2. The van der Waals surface area contributed by atoms with Crippen LogP contribution in [0.1, 0.15) is 27.6 Å². The van der Waals surface area contributed by atoms with Crippen molar-refractivity contribution in [3.05, 3.63) is 66.2 Å². The van der Waals surface area contributed by atoms with Crippen molar-refractivity contribution in [3.8, 4) is 11.4 Å². The van der Waals surface area contributed by atoms with Crippen LogP contribution in [-0.2, 0) is 0 Å². The molecule has 0 atom stereocenters. The van der Waals surface area contributed by atoms with Crippen LogP contribution < -0.4 is 9.64 Å². The Kier molecular flexibility index (Phi) is 3.53. The van der Waals surface area contributed by atoms with Crippen LogP contribution in [0.25, 0.3) is 5.69 Å². The first-order valence-electron chi connectivity index (χ1n) is 7.80. The first kappa shape index (κ1) is 15.1. The molecule has 0 radical (unpaired) electrons. The molecule has 2 aromatic carbocycles. The van der Waals surface area contributed by atoms with E-state index in [-0.39, 0.29) is 11.8 Å². The fourth-order valence-electron chi connectivity index (χ4n) is 2.86. The second-order valence-electron chi connectivity index (χ2n) is 5.45. The van der Waals surface area contributed by atoms with E-state index in [1.807, 2.05) is 13.0 Å². The zero-order valence-corrected chi connectivity index (χ0v) is 13.4. The molecule has 2 amide bonds. The maximum absolute atomic E-state index is 12.8. The molecule has 0 saturated heterocycles. The van der Waals surface area contributed by atoms with Crippen LogP contribution in [0.5, 0.6) is 5.75 Å². The number of aromatic nitrogens is 3. The minimum Gasteiger partial charge on any atom is -0.492 e. The zero-order valence-electron chi connectivity index (χ0n) is 13.4. The van der Waals surface area contributed by atoms with Crippen LogP contribution in [-0.4, -0.2) is 33.2 Å². The summed E-state index contributed by atoms with van der Waals surface area (Å²) in [6, 6.07) is 12.1. The summed E-state index contributed by atoms with van der Waals surface area (Å²) >= 11 is 0. The average Bonchev–Trinajstić information content (AvgIpc) is 3.25. The Hall–Kier alpha value is -3.48. The third kappa shape index (κ3) is 2.37. The van der Waals surface area contributed by atoms with Gasteiger partial charge in [0.2, 0.25) is 0 Å². The van der Waals surface area contributed by atoms with E-state index in [2.05, 4.69) is 10.2 Å². The van der Waals surface area contributed by atoms with Crippen molar-refractivity contribution in [2.75, 3.05) is 11.5 Å². The highest BCUT2D eigenvalue weighted by atomic mass is 16.5. The summed E-state index contributed by atoms with van der Waals surface area (Å²) in [5, 5.41) is 7.56. The number of carbonyl (C=O) groups is 2. The van der Waals surface area contributed by atoms with Gasteiger partial charge in [-0.15, -0.1) is 10.2 Å². The number of ether oxygens (including phenoxy) is 1. The Morgan fingerprint density at radius 1 is 0.960 bits per heavy atom.